The second-order valence-electron chi connectivity index (χ2n) is 4.23. The van der Waals surface area contributed by atoms with Gasteiger partial charge < -0.3 is 14.6 Å². The number of carbonyl (C=O) groups is 1. The van der Waals surface area contributed by atoms with Crippen LogP contribution in [-0.4, -0.2) is 30.1 Å². The zero-order valence-corrected chi connectivity index (χ0v) is 8.95. The summed E-state index contributed by atoms with van der Waals surface area (Å²) in [6.07, 6.45) is 0.575. The van der Waals surface area contributed by atoms with Gasteiger partial charge >= 0.3 is 5.97 Å². The Bertz CT molecular complexity index is 206. The zero-order valence-electron chi connectivity index (χ0n) is 8.95. The van der Waals surface area contributed by atoms with E-state index in [-0.39, 0.29) is 0 Å². The van der Waals surface area contributed by atoms with E-state index in [0.29, 0.717) is 25.6 Å². The lowest BCUT2D eigenvalue weighted by molar-refractivity contribution is -0.199. The first-order valence-electron chi connectivity index (χ1n) is 4.96. The van der Waals surface area contributed by atoms with Gasteiger partial charge in [-0.05, 0) is 19.3 Å². The second-order valence-corrected chi connectivity index (χ2v) is 4.23. The molecule has 0 bridgehead atoms. The van der Waals surface area contributed by atoms with Crippen molar-refractivity contribution in [2.75, 3.05) is 13.2 Å². The molecule has 82 valence electrons. The monoisotopic (exact) mass is 202 g/mol. The van der Waals surface area contributed by atoms with E-state index in [1.165, 1.54) is 0 Å². The lowest BCUT2D eigenvalue weighted by atomic mass is 9.90. The van der Waals surface area contributed by atoms with Gasteiger partial charge in [0.05, 0.1) is 13.2 Å². The Kier molecular flexibility index (Phi) is 3.50. The molecule has 0 aromatic carbocycles. The van der Waals surface area contributed by atoms with E-state index in [2.05, 4.69) is 0 Å². The van der Waals surface area contributed by atoms with E-state index in [0.717, 1.165) is 0 Å². The van der Waals surface area contributed by atoms with Gasteiger partial charge in [0.15, 0.2) is 5.79 Å². The molecule has 0 radical (unpaired) electrons. The van der Waals surface area contributed by atoms with E-state index >= 15 is 0 Å². The van der Waals surface area contributed by atoms with Crippen LogP contribution in [0.25, 0.3) is 0 Å². The van der Waals surface area contributed by atoms with Crippen LogP contribution in [0.4, 0.5) is 0 Å². The molecule has 0 unspecified atom stereocenters. The standard InChI is InChI=1S/C10H18O4/c1-7(2)6-8(9(11)12)10(3)13-4-5-14-10/h7-8H,4-6H2,1-3H3,(H,11,12)/t8-/m0/s1. The van der Waals surface area contributed by atoms with Gasteiger partial charge in [-0.25, -0.2) is 0 Å². The molecule has 1 fully saturated rings. The Balaban J connectivity index is 2.70. The minimum absolute atomic E-state index is 0.320. The average Bonchev–Trinajstić information content (AvgIpc) is 2.48. The van der Waals surface area contributed by atoms with Crippen molar-refractivity contribution < 1.29 is 19.4 Å². The fourth-order valence-corrected chi connectivity index (χ4v) is 1.74. The normalized spacial score (nSPS) is 22.6. The third kappa shape index (κ3) is 2.45. The van der Waals surface area contributed by atoms with Crippen molar-refractivity contribution in [2.45, 2.75) is 33.0 Å². The third-order valence-electron chi connectivity index (χ3n) is 2.50. The van der Waals surface area contributed by atoms with E-state index in [4.69, 9.17) is 14.6 Å². The second kappa shape index (κ2) is 4.28. The van der Waals surface area contributed by atoms with Crippen molar-refractivity contribution in [3.05, 3.63) is 0 Å². The molecule has 0 spiro atoms. The lowest BCUT2D eigenvalue weighted by Gasteiger charge is -2.30. The van der Waals surface area contributed by atoms with Crippen LogP contribution in [0.3, 0.4) is 0 Å². The molecule has 1 saturated heterocycles. The summed E-state index contributed by atoms with van der Waals surface area (Å²) in [5.74, 6) is -2.04. The summed E-state index contributed by atoms with van der Waals surface area (Å²) >= 11 is 0. The largest absolute Gasteiger partial charge is 0.481 e. The van der Waals surface area contributed by atoms with Gasteiger partial charge in [-0.15, -0.1) is 0 Å². The first-order valence-corrected chi connectivity index (χ1v) is 4.96. The molecule has 0 aliphatic carbocycles. The summed E-state index contributed by atoms with van der Waals surface area (Å²) in [6, 6.07) is 0. The number of rotatable bonds is 4. The molecule has 0 amide bonds. The summed E-state index contributed by atoms with van der Waals surface area (Å²) < 4.78 is 10.7. The molecule has 0 aromatic heterocycles. The van der Waals surface area contributed by atoms with Crippen molar-refractivity contribution in [3.8, 4) is 0 Å². The molecule has 14 heavy (non-hydrogen) atoms. The van der Waals surface area contributed by atoms with Crippen molar-refractivity contribution in [2.24, 2.45) is 11.8 Å². The van der Waals surface area contributed by atoms with Gasteiger partial charge in [0.1, 0.15) is 5.92 Å². The highest BCUT2D eigenvalue weighted by Crippen LogP contribution is 2.32. The van der Waals surface area contributed by atoms with E-state index < -0.39 is 17.7 Å². The van der Waals surface area contributed by atoms with Gasteiger partial charge in [-0.1, -0.05) is 13.8 Å². The molecule has 1 N–H and O–H groups in total. The molecule has 4 nitrogen and oxygen atoms in total. The topological polar surface area (TPSA) is 55.8 Å². The Hall–Kier alpha value is -0.610. The molecular formula is C10H18O4. The Labute approximate surface area is 84.2 Å². The van der Waals surface area contributed by atoms with Gasteiger partial charge in [0.25, 0.3) is 0 Å². The highest BCUT2D eigenvalue weighted by Gasteiger charge is 2.44. The fraction of sp³-hybridized carbons (Fsp3) is 0.900. The molecule has 1 aliphatic rings. The van der Waals surface area contributed by atoms with Crippen LogP contribution in [0.1, 0.15) is 27.2 Å². The number of carboxylic acid groups (broad SMARTS) is 1. The molecular weight excluding hydrogens is 184 g/mol. The Morgan fingerprint density at radius 3 is 2.29 bits per heavy atom. The van der Waals surface area contributed by atoms with Crippen LogP contribution in [-0.2, 0) is 14.3 Å². The predicted octanol–water partition coefficient (Wildman–Crippen LogP) is 1.50. The maximum absolute atomic E-state index is 11.1. The maximum atomic E-state index is 11.1. The highest BCUT2D eigenvalue weighted by molar-refractivity contribution is 5.71. The minimum atomic E-state index is -0.934. The number of carboxylic acids is 1. The van der Waals surface area contributed by atoms with Gasteiger partial charge in [-0.2, -0.15) is 0 Å². The third-order valence-corrected chi connectivity index (χ3v) is 2.50. The van der Waals surface area contributed by atoms with Crippen molar-refractivity contribution >= 4 is 5.97 Å². The first kappa shape index (κ1) is 11.5. The van der Waals surface area contributed by atoms with E-state index in [1.807, 2.05) is 13.8 Å². The molecule has 1 rings (SSSR count). The zero-order chi connectivity index (χ0) is 10.8. The maximum Gasteiger partial charge on any atom is 0.311 e. The van der Waals surface area contributed by atoms with Crippen molar-refractivity contribution in [3.63, 3.8) is 0 Å². The van der Waals surface area contributed by atoms with Crippen molar-refractivity contribution in [1.82, 2.24) is 0 Å². The summed E-state index contributed by atoms with van der Waals surface area (Å²) in [5, 5.41) is 9.09. The number of hydrogen-bond donors (Lipinski definition) is 1. The summed E-state index contributed by atoms with van der Waals surface area (Å²) in [4.78, 5) is 11.1. The van der Waals surface area contributed by atoms with E-state index in [1.54, 1.807) is 6.92 Å². The summed E-state index contributed by atoms with van der Waals surface area (Å²) in [7, 11) is 0. The molecule has 1 heterocycles. The van der Waals surface area contributed by atoms with Gasteiger partial charge in [0.2, 0.25) is 0 Å². The molecule has 1 aliphatic heterocycles. The van der Waals surface area contributed by atoms with Crippen molar-refractivity contribution in [1.29, 1.82) is 0 Å². The Morgan fingerprint density at radius 2 is 1.93 bits per heavy atom. The van der Waals surface area contributed by atoms with Gasteiger partial charge in [0, 0.05) is 0 Å². The quantitative estimate of drug-likeness (QED) is 0.750. The van der Waals surface area contributed by atoms with Crippen LogP contribution >= 0.6 is 0 Å². The predicted molar refractivity (Wildman–Crippen MR) is 50.9 cm³/mol. The summed E-state index contributed by atoms with van der Waals surface area (Å²) in [6.45, 7) is 6.67. The first-order chi connectivity index (χ1) is 6.46. The van der Waals surface area contributed by atoms with Crippen LogP contribution in [0.2, 0.25) is 0 Å². The molecule has 1 atom stereocenters. The van der Waals surface area contributed by atoms with E-state index in [9.17, 15) is 4.79 Å². The fourth-order valence-electron chi connectivity index (χ4n) is 1.74. The van der Waals surface area contributed by atoms with Crippen LogP contribution in [0.5, 0.6) is 0 Å². The smallest absolute Gasteiger partial charge is 0.311 e. The van der Waals surface area contributed by atoms with Crippen LogP contribution < -0.4 is 0 Å². The van der Waals surface area contributed by atoms with Gasteiger partial charge in [-0.3, -0.25) is 4.79 Å². The number of ether oxygens (including phenoxy) is 2. The lowest BCUT2D eigenvalue weighted by Crippen LogP contribution is -2.41. The number of hydrogen-bond acceptors (Lipinski definition) is 3. The minimum Gasteiger partial charge on any atom is -0.481 e. The van der Waals surface area contributed by atoms with Crippen LogP contribution in [0.15, 0.2) is 0 Å². The Morgan fingerprint density at radius 1 is 1.43 bits per heavy atom. The van der Waals surface area contributed by atoms with Crippen LogP contribution in [0, 0.1) is 11.8 Å². The SMILES string of the molecule is CC(C)C[C@@H](C(=O)O)C1(C)OCCO1. The average molecular weight is 202 g/mol. The molecule has 4 heteroatoms. The molecule has 0 aromatic rings. The highest BCUT2D eigenvalue weighted by atomic mass is 16.7. The number of aliphatic carboxylic acids is 1. The summed E-state index contributed by atoms with van der Waals surface area (Å²) in [5.41, 5.74) is 0. The molecule has 0 saturated carbocycles.